The maximum absolute atomic E-state index is 13.2. The van der Waals surface area contributed by atoms with Crippen LogP contribution in [0.1, 0.15) is 40.1 Å². The molecular formula is C27H26N2O. The largest absolute Gasteiger partial charge is 0.345 e. The molecule has 1 heterocycles. The summed E-state index contributed by atoms with van der Waals surface area (Å²) in [6, 6.07) is 30.6. The Labute approximate surface area is 178 Å². The SMILES string of the molecule is Cc1ccc(-n2c(-c3ccccc3)cc(C(=O)NC(C)c3ccccc3)c2C)cc1. The van der Waals surface area contributed by atoms with Gasteiger partial charge in [0.1, 0.15) is 0 Å². The van der Waals surface area contributed by atoms with E-state index < -0.39 is 0 Å². The molecule has 0 aliphatic carbocycles. The number of hydrogen-bond acceptors (Lipinski definition) is 1. The van der Waals surface area contributed by atoms with E-state index in [0.717, 1.165) is 28.2 Å². The standard InChI is InChI=1S/C27H26N2O/c1-19-14-16-24(17-15-19)29-21(3)25(18-26(29)23-12-8-5-9-13-23)27(30)28-20(2)22-10-6-4-7-11-22/h4-18,20H,1-3H3,(H,28,30). The highest BCUT2D eigenvalue weighted by Crippen LogP contribution is 2.30. The zero-order chi connectivity index (χ0) is 21.1. The molecular weight excluding hydrogens is 368 g/mol. The van der Waals surface area contributed by atoms with Gasteiger partial charge in [-0.15, -0.1) is 0 Å². The molecule has 0 saturated carbocycles. The zero-order valence-corrected chi connectivity index (χ0v) is 17.6. The third-order valence-corrected chi connectivity index (χ3v) is 5.50. The van der Waals surface area contributed by atoms with Gasteiger partial charge in [0.05, 0.1) is 17.3 Å². The number of aryl methyl sites for hydroxylation is 1. The number of nitrogens with one attached hydrogen (secondary N) is 1. The topological polar surface area (TPSA) is 34.0 Å². The zero-order valence-electron chi connectivity index (χ0n) is 17.6. The van der Waals surface area contributed by atoms with E-state index in [-0.39, 0.29) is 11.9 Å². The van der Waals surface area contributed by atoms with E-state index in [1.807, 2.05) is 68.4 Å². The third-order valence-electron chi connectivity index (χ3n) is 5.50. The second kappa shape index (κ2) is 8.42. The molecule has 0 bridgehead atoms. The Hall–Kier alpha value is -3.59. The van der Waals surface area contributed by atoms with Crippen LogP contribution in [0.3, 0.4) is 0 Å². The molecule has 150 valence electrons. The Morgan fingerprint density at radius 2 is 1.43 bits per heavy atom. The molecule has 1 N–H and O–H groups in total. The van der Waals surface area contributed by atoms with E-state index in [0.29, 0.717) is 5.56 Å². The van der Waals surface area contributed by atoms with Crippen molar-refractivity contribution in [2.75, 3.05) is 0 Å². The molecule has 0 aliphatic heterocycles. The summed E-state index contributed by atoms with van der Waals surface area (Å²) in [4.78, 5) is 13.2. The third kappa shape index (κ3) is 3.92. The van der Waals surface area contributed by atoms with Gasteiger partial charge in [0, 0.05) is 11.4 Å². The first-order valence-corrected chi connectivity index (χ1v) is 10.2. The molecule has 4 aromatic rings. The van der Waals surface area contributed by atoms with Crippen LogP contribution in [-0.2, 0) is 0 Å². The number of amides is 1. The first-order valence-electron chi connectivity index (χ1n) is 10.2. The lowest BCUT2D eigenvalue weighted by Crippen LogP contribution is -2.27. The normalized spacial score (nSPS) is 11.8. The van der Waals surface area contributed by atoms with Crippen molar-refractivity contribution in [2.45, 2.75) is 26.8 Å². The van der Waals surface area contributed by atoms with Crippen LogP contribution in [0, 0.1) is 13.8 Å². The van der Waals surface area contributed by atoms with Crippen molar-refractivity contribution >= 4 is 5.91 Å². The predicted octanol–water partition coefficient (Wildman–Crippen LogP) is 6.25. The summed E-state index contributed by atoms with van der Waals surface area (Å²) in [5.74, 6) is -0.0631. The van der Waals surface area contributed by atoms with Crippen molar-refractivity contribution in [2.24, 2.45) is 0 Å². The minimum absolute atomic E-state index is 0.0631. The van der Waals surface area contributed by atoms with Crippen molar-refractivity contribution in [3.8, 4) is 16.9 Å². The van der Waals surface area contributed by atoms with Gasteiger partial charge in [-0.25, -0.2) is 0 Å². The van der Waals surface area contributed by atoms with Gasteiger partial charge in [-0.3, -0.25) is 4.79 Å². The van der Waals surface area contributed by atoms with Crippen LogP contribution in [-0.4, -0.2) is 10.5 Å². The summed E-state index contributed by atoms with van der Waals surface area (Å²) < 4.78 is 2.16. The van der Waals surface area contributed by atoms with Crippen molar-refractivity contribution in [3.63, 3.8) is 0 Å². The van der Waals surface area contributed by atoms with Gasteiger partial charge in [0.15, 0.2) is 0 Å². The van der Waals surface area contributed by atoms with Gasteiger partial charge in [-0.05, 0) is 50.1 Å². The van der Waals surface area contributed by atoms with Crippen LogP contribution in [0.4, 0.5) is 0 Å². The smallest absolute Gasteiger partial charge is 0.253 e. The number of benzene rings is 3. The molecule has 1 amide bonds. The fourth-order valence-corrected chi connectivity index (χ4v) is 3.78. The number of carbonyl (C=O) groups is 1. The van der Waals surface area contributed by atoms with Crippen molar-refractivity contribution in [3.05, 3.63) is 113 Å². The van der Waals surface area contributed by atoms with Gasteiger partial charge in [-0.2, -0.15) is 0 Å². The van der Waals surface area contributed by atoms with E-state index in [4.69, 9.17) is 0 Å². The highest BCUT2D eigenvalue weighted by Gasteiger charge is 2.21. The van der Waals surface area contributed by atoms with Crippen LogP contribution in [0.15, 0.2) is 91.0 Å². The Morgan fingerprint density at radius 3 is 2.07 bits per heavy atom. The van der Waals surface area contributed by atoms with E-state index in [9.17, 15) is 4.79 Å². The molecule has 1 atom stereocenters. The molecule has 1 unspecified atom stereocenters. The lowest BCUT2D eigenvalue weighted by molar-refractivity contribution is 0.0939. The fraction of sp³-hybridized carbons (Fsp3) is 0.148. The Balaban J connectivity index is 1.75. The first-order chi connectivity index (χ1) is 14.5. The molecule has 3 nitrogen and oxygen atoms in total. The van der Waals surface area contributed by atoms with Crippen LogP contribution in [0.25, 0.3) is 16.9 Å². The van der Waals surface area contributed by atoms with E-state index in [1.165, 1.54) is 5.56 Å². The molecule has 0 aliphatic rings. The molecule has 3 aromatic carbocycles. The average molecular weight is 395 g/mol. The van der Waals surface area contributed by atoms with Gasteiger partial charge < -0.3 is 9.88 Å². The minimum Gasteiger partial charge on any atom is -0.345 e. The number of rotatable bonds is 5. The maximum atomic E-state index is 13.2. The lowest BCUT2D eigenvalue weighted by Gasteiger charge is -2.15. The van der Waals surface area contributed by atoms with E-state index in [1.54, 1.807) is 0 Å². The summed E-state index contributed by atoms with van der Waals surface area (Å²) in [6.45, 7) is 6.10. The predicted molar refractivity (Wildman–Crippen MR) is 123 cm³/mol. The maximum Gasteiger partial charge on any atom is 0.253 e. The quantitative estimate of drug-likeness (QED) is 0.426. The van der Waals surface area contributed by atoms with Gasteiger partial charge >= 0.3 is 0 Å². The van der Waals surface area contributed by atoms with E-state index in [2.05, 4.69) is 53.2 Å². The van der Waals surface area contributed by atoms with Gasteiger partial charge in [0.25, 0.3) is 5.91 Å². The first kappa shape index (κ1) is 19.7. The van der Waals surface area contributed by atoms with Crippen molar-refractivity contribution in [1.29, 1.82) is 0 Å². The van der Waals surface area contributed by atoms with Crippen molar-refractivity contribution < 1.29 is 4.79 Å². The summed E-state index contributed by atoms with van der Waals surface area (Å²) >= 11 is 0. The number of aromatic nitrogens is 1. The van der Waals surface area contributed by atoms with Crippen molar-refractivity contribution in [1.82, 2.24) is 9.88 Å². The number of hydrogen-bond donors (Lipinski definition) is 1. The highest BCUT2D eigenvalue weighted by atomic mass is 16.1. The summed E-state index contributed by atoms with van der Waals surface area (Å²) in [5, 5.41) is 3.15. The highest BCUT2D eigenvalue weighted by molar-refractivity contribution is 5.97. The van der Waals surface area contributed by atoms with E-state index >= 15 is 0 Å². The molecule has 3 heteroatoms. The van der Waals surface area contributed by atoms with Crippen LogP contribution < -0.4 is 5.32 Å². The minimum atomic E-state index is -0.0685. The van der Waals surface area contributed by atoms with Crippen LogP contribution >= 0.6 is 0 Å². The Morgan fingerprint density at radius 1 is 0.833 bits per heavy atom. The monoisotopic (exact) mass is 394 g/mol. The van der Waals surface area contributed by atoms with Crippen LogP contribution in [0.2, 0.25) is 0 Å². The fourth-order valence-electron chi connectivity index (χ4n) is 3.78. The molecule has 0 saturated heterocycles. The van der Waals surface area contributed by atoms with Gasteiger partial charge in [-0.1, -0.05) is 78.4 Å². The lowest BCUT2D eigenvalue weighted by atomic mass is 10.1. The van der Waals surface area contributed by atoms with Crippen LogP contribution in [0.5, 0.6) is 0 Å². The molecule has 1 aromatic heterocycles. The molecule has 30 heavy (non-hydrogen) atoms. The Kier molecular flexibility index (Phi) is 5.53. The second-order valence-electron chi connectivity index (χ2n) is 7.67. The average Bonchev–Trinajstić information content (AvgIpc) is 3.13. The molecule has 0 spiro atoms. The Bertz CT molecular complexity index is 1140. The summed E-state index contributed by atoms with van der Waals surface area (Å²) in [5.41, 5.74) is 7.05. The van der Waals surface area contributed by atoms with Gasteiger partial charge in [0.2, 0.25) is 0 Å². The molecule has 0 radical (unpaired) electrons. The summed E-state index contributed by atoms with van der Waals surface area (Å²) in [7, 11) is 0. The molecule has 4 rings (SSSR count). The number of carbonyl (C=O) groups excluding carboxylic acids is 1. The summed E-state index contributed by atoms with van der Waals surface area (Å²) in [6.07, 6.45) is 0. The molecule has 0 fully saturated rings. The second-order valence-corrected chi connectivity index (χ2v) is 7.67. The number of nitrogens with zero attached hydrogens (tertiary/aromatic N) is 1.